The standard InChI is InChI=1S/C17H17N3S/c1-2-6-16-15(5-1)13(10-19-16)8-14-11-21-17(20-14)12-4-3-7-18-9-12/h1-7,9-10,14,17,19-20H,8,11H2/t14-,17+/m1/s1. The molecule has 0 amide bonds. The predicted molar refractivity (Wildman–Crippen MR) is 88.4 cm³/mol. The minimum absolute atomic E-state index is 0.369. The molecule has 4 heteroatoms. The van der Waals surface area contributed by atoms with Crippen molar-refractivity contribution in [3.05, 3.63) is 66.1 Å². The third-order valence-corrected chi connectivity index (χ3v) is 5.32. The largest absolute Gasteiger partial charge is 0.361 e. The molecule has 1 saturated heterocycles. The summed E-state index contributed by atoms with van der Waals surface area (Å²) in [6, 6.07) is 13.2. The second-order valence-electron chi connectivity index (χ2n) is 5.43. The summed E-state index contributed by atoms with van der Waals surface area (Å²) in [4.78, 5) is 7.57. The molecule has 1 fully saturated rings. The number of rotatable bonds is 3. The van der Waals surface area contributed by atoms with Gasteiger partial charge in [0.2, 0.25) is 0 Å². The van der Waals surface area contributed by atoms with Crippen molar-refractivity contribution in [2.75, 3.05) is 5.75 Å². The Balaban J connectivity index is 1.49. The molecule has 3 aromatic rings. The van der Waals surface area contributed by atoms with Crippen molar-refractivity contribution in [2.24, 2.45) is 0 Å². The smallest absolute Gasteiger partial charge is 0.0807 e. The van der Waals surface area contributed by atoms with Gasteiger partial charge in [-0.05, 0) is 29.7 Å². The van der Waals surface area contributed by atoms with E-state index in [4.69, 9.17) is 0 Å². The molecule has 0 unspecified atom stereocenters. The minimum Gasteiger partial charge on any atom is -0.361 e. The summed E-state index contributed by atoms with van der Waals surface area (Å²) in [7, 11) is 0. The van der Waals surface area contributed by atoms with Crippen LogP contribution in [0.5, 0.6) is 0 Å². The first-order valence-electron chi connectivity index (χ1n) is 7.23. The molecule has 2 atom stereocenters. The molecule has 0 saturated carbocycles. The van der Waals surface area contributed by atoms with Gasteiger partial charge < -0.3 is 4.98 Å². The Bertz CT molecular complexity index is 738. The molecule has 0 radical (unpaired) electrons. The molecule has 3 heterocycles. The summed E-state index contributed by atoms with van der Waals surface area (Å²) < 4.78 is 0. The van der Waals surface area contributed by atoms with E-state index in [1.165, 1.54) is 22.0 Å². The van der Waals surface area contributed by atoms with Gasteiger partial charge in [0.25, 0.3) is 0 Å². The second-order valence-corrected chi connectivity index (χ2v) is 6.57. The highest BCUT2D eigenvalue weighted by Gasteiger charge is 2.26. The molecular weight excluding hydrogens is 278 g/mol. The van der Waals surface area contributed by atoms with Gasteiger partial charge in [-0.1, -0.05) is 24.3 Å². The number of fused-ring (bicyclic) bond motifs is 1. The Morgan fingerprint density at radius 3 is 3.05 bits per heavy atom. The van der Waals surface area contributed by atoms with Gasteiger partial charge in [0.05, 0.1) is 5.37 Å². The van der Waals surface area contributed by atoms with Crippen LogP contribution >= 0.6 is 11.8 Å². The summed E-state index contributed by atoms with van der Waals surface area (Å²) in [5.74, 6) is 1.14. The van der Waals surface area contributed by atoms with Gasteiger partial charge in [-0.25, -0.2) is 0 Å². The third kappa shape index (κ3) is 2.57. The fraction of sp³-hybridized carbons (Fsp3) is 0.235. The Labute approximate surface area is 128 Å². The number of aromatic nitrogens is 2. The molecule has 1 aliphatic rings. The van der Waals surface area contributed by atoms with Crippen LogP contribution in [0.4, 0.5) is 0 Å². The minimum atomic E-state index is 0.369. The number of aromatic amines is 1. The highest BCUT2D eigenvalue weighted by molar-refractivity contribution is 7.99. The fourth-order valence-electron chi connectivity index (χ4n) is 2.93. The first kappa shape index (κ1) is 12.9. The summed E-state index contributed by atoms with van der Waals surface area (Å²) in [6.45, 7) is 0. The number of hydrogen-bond acceptors (Lipinski definition) is 3. The number of hydrogen-bond donors (Lipinski definition) is 2. The van der Waals surface area contributed by atoms with E-state index in [2.05, 4.69) is 51.8 Å². The molecule has 2 aromatic heterocycles. The number of benzene rings is 1. The topological polar surface area (TPSA) is 40.7 Å². The number of thioether (sulfide) groups is 1. The van der Waals surface area contributed by atoms with Crippen LogP contribution in [0.1, 0.15) is 16.5 Å². The van der Waals surface area contributed by atoms with Crippen LogP contribution in [0.15, 0.2) is 55.0 Å². The lowest BCUT2D eigenvalue weighted by Gasteiger charge is -2.13. The van der Waals surface area contributed by atoms with Crippen LogP contribution in [0.25, 0.3) is 10.9 Å². The quantitative estimate of drug-likeness (QED) is 0.777. The molecule has 2 N–H and O–H groups in total. The molecule has 0 spiro atoms. The molecular formula is C17H17N3S. The van der Waals surface area contributed by atoms with Crippen molar-refractivity contribution >= 4 is 22.7 Å². The first-order chi connectivity index (χ1) is 10.4. The van der Waals surface area contributed by atoms with Gasteiger partial charge in [0.15, 0.2) is 0 Å². The average molecular weight is 295 g/mol. The van der Waals surface area contributed by atoms with Gasteiger partial charge in [-0.15, -0.1) is 11.8 Å². The van der Waals surface area contributed by atoms with Gasteiger partial charge >= 0.3 is 0 Å². The number of nitrogens with zero attached hydrogens (tertiary/aromatic N) is 1. The molecule has 106 valence electrons. The van der Waals surface area contributed by atoms with E-state index in [1.807, 2.05) is 30.2 Å². The number of pyridine rings is 1. The van der Waals surface area contributed by atoms with E-state index in [1.54, 1.807) is 0 Å². The van der Waals surface area contributed by atoms with Crippen LogP contribution in [0.3, 0.4) is 0 Å². The highest BCUT2D eigenvalue weighted by Crippen LogP contribution is 2.33. The highest BCUT2D eigenvalue weighted by atomic mass is 32.2. The molecule has 1 aliphatic heterocycles. The maximum atomic E-state index is 4.21. The van der Waals surface area contributed by atoms with E-state index in [9.17, 15) is 0 Å². The molecule has 21 heavy (non-hydrogen) atoms. The van der Waals surface area contributed by atoms with E-state index < -0.39 is 0 Å². The number of para-hydroxylation sites is 1. The Morgan fingerprint density at radius 1 is 1.19 bits per heavy atom. The van der Waals surface area contributed by atoms with Crippen LogP contribution in [0, 0.1) is 0 Å². The van der Waals surface area contributed by atoms with Crippen molar-refractivity contribution in [1.82, 2.24) is 15.3 Å². The maximum absolute atomic E-state index is 4.21. The number of nitrogens with one attached hydrogen (secondary N) is 2. The van der Waals surface area contributed by atoms with Gasteiger partial charge in [-0.3, -0.25) is 10.3 Å². The van der Waals surface area contributed by atoms with E-state index in [0.29, 0.717) is 11.4 Å². The van der Waals surface area contributed by atoms with E-state index in [-0.39, 0.29) is 0 Å². The zero-order valence-corrected chi connectivity index (χ0v) is 12.4. The third-order valence-electron chi connectivity index (χ3n) is 3.98. The van der Waals surface area contributed by atoms with Crippen LogP contribution in [0.2, 0.25) is 0 Å². The van der Waals surface area contributed by atoms with Crippen LogP contribution < -0.4 is 5.32 Å². The SMILES string of the molecule is c1cncc([C@H]2N[C@H](Cc3c[nH]c4ccccc34)CS2)c1. The summed E-state index contributed by atoms with van der Waals surface area (Å²) >= 11 is 1.97. The molecule has 4 rings (SSSR count). The van der Waals surface area contributed by atoms with E-state index in [0.717, 1.165) is 12.2 Å². The van der Waals surface area contributed by atoms with Crippen molar-refractivity contribution in [3.8, 4) is 0 Å². The van der Waals surface area contributed by atoms with E-state index >= 15 is 0 Å². The normalized spacial score (nSPS) is 21.9. The monoisotopic (exact) mass is 295 g/mol. The first-order valence-corrected chi connectivity index (χ1v) is 8.27. The predicted octanol–water partition coefficient (Wildman–Crippen LogP) is 3.51. The van der Waals surface area contributed by atoms with Crippen molar-refractivity contribution < 1.29 is 0 Å². The lowest BCUT2D eigenvalue weighted by atomic mass is 10.1. The van der Waals surface area contributed by atoms with Gasteiger partial charge in [0, 0.05) is 41.3 Å². The molecule has 1 aromatic carbocycles. The van der Waals surface area contributed by atoms with Crippen molar-refractivity contribution in [2.45, 2.75) is 17.8 Å². The molecule has 0 aliphatic carbocycles. The molecule has 3 nitrogen and oxygen atoms in total. The van der Waals surface area contributed by atoms with Gasteiger partial charge in [0.1, 0.15) is 0 Å². The number of H-pyrrole nitrogens is 1. The Morgan fingerprint density at radius 2 is 2.14 bits per heavy atom. The second kappa shape index (κ2) is 5.54. The van der Waals surface area contributed by atoms with Crippen LogP contribution in [-0.2, 0) is 6.42 Å². The zero-order chi connectivity index (χ0) is 14.1. The summed E-state index contributed by atoms with van der Waals surface area (Å²) in [6.07, 6.45) is 6.99. The summed E-state index contributed by atoms with van der Waals surface area (Å²) in [5, 5.41) is 5.43. The average Bonchev–Trinajstić information content (AvgIpc) is 3.17. The van der Waals surface area contributed by atoms with Crippen LogP contribution in [-0.4, -0.2) is 21.8 Å². The Kier molecular flexibility index (Phi) is 3.41. The maximum Gasteiger partial charge on any atom is 0.0807 e. The van der Waals surface area contributed by atoms with Crippen molar-refractivity contribution in [1.29, 1.82) is 0 Å². The van der Waals surface area contributed by atoms with Gasteiger partial charge in [-0.2, -0.15) is 0 Å². The van der Waals surface area contributed by atoms with Crippen molar-refractivity contribution in [3.63, 3.8) is 0 Å². The zero-order valence-electron chi connectivity index (χ0n) is 11.6. The Hall–Kier alpha value is -1.78. The lowest BCUT2D eigenvalue weighted by Crippen LogP contribution is -2.27. The lowest BCUT2D eigenvalue weighted by molar-refractivity contribution is 0.574. The fourth-order valence-corrected chi connectivity index (χ4v) is 4.19. The summed E-state index contributed by atoms with van der Waals surface area (Å²) in [5.41, 5.74) is 3.89. The molecule has 0 bridgehead atoms.